The molecule has 3 N–H and O–H groups in total. The highest BCUT2D eigenvalue weighted by Crippen LogP contribution is 2.24. The SMILES string of the molecule is CN(CCN1CCCC1)CCC(C)(NC1CC1)C(N)=O. The van der Waals surface area contributed by atoms with Gasteiger partial charge in [-0.3, -0.25) is 4.79 Å². The van der Waals surface area contributed by atoms with Crippen molar-refractivity contribution < 1.29 is 4.79 Å². The van der Waals surface area contributed by atoms with E-state index in [9.17, 15) is 4.79 Å². The summed E-state index contributed by atoms with van der Waals surface area (Å²) in [6.07, 6.45) is 5.82. The number of amides is 1. The minimum Gasteiger partial charge on any atom is -0.368 e. The lowest BCUT2D eigenvalue weighted by Crippen LogP contribution is -2.55. The Balaban J connectivity index is 1.69. The molecule has 2 rings (SSSR count). The van der Waals surface area contributed by atoms with Gasteiger partial charge in [0.25, 0.3) is 0 Å². The molecule has 116 valence electrons. The Labute approximate surface area is 122 Å². The van der Waals surface area contributed by atoms with Crippen molar-refractivity contribution in [1.29, 1.82) is 0 Å². The van der Waals surface area contributed by atoms with Gasteiger partial charge in [-0.25, -0.2) is 0 Å². The molecule has 0 spiro atoms. The third-order valence-corrected chi connectivity index (χ3v) is 4.63. The third kappa shape index (κ3) is 4.72. The van der Waals surface area contributed by atoms with Crippen molar-refractivity contribution in [1.82, 2.24) is 15.1 Å². The van der Waals surface area contributed by atoms with Crippen LogP contribution < -0.4 is 11.1 Å². The number of likely N-dealkylation sites (tertiary alicyclic amines) is 1. The number of hydrogen-bond acceptors (Lipinski definition) is 4. The maximum absolute atomic E-state index is 11.7. The van der Waals surface area contributed by atoms with Crippen LogP contribution in [0.25, 0.3) is 0 Å². The highest BCUT2D eigenvalue weighted by atomic mass is 16.1. The maximum Gasteiger partial charge on any atom is 0.237 e. The smallest absolute Gasteiger partial charge is 0.237 e. The van der Waals surface area contributed by atoms with Crippen LogP contribution in [-0.4, -0.2) is 67.1 Å². The largest absolute Gasteiger partial charge is 0.368 e. The van der Waals surface area contributed by atoms with E-state index < -0.39 is 5.54 Å². The number of rotatable bonds is 9. The standard InChI is InChI=1S/C15H30N4O/c1-15(14(16)20,17-13-5-6-13)7-10-18(2)11-12-19-8-3-4-9-19/h13,17H,3-12H2,1-2H3,(H2,16,20). The summed E-state index contributed by atoms with van der Waals surface area (Å²) in [7, 11) is 2.13. The van der Waals surface area contributed by atoms with Crippen molar-refractivity contribution in [2.24, 2.45) is 5.73 Å². The van der Waals surface area contributed by atoms with Crippen LogP contribution >= 0.6 is 0 Å². The predicted molar refractivity (Wildman–Crippen MR) is 81.5 cm³/mol. The monoisotopic (exact) mass is 282 g/mol. The van der Waals surface area contributed by atoms with Crippen LogP contribution in [0, 0.1) is 0 Å². The third-order valence-electron chi connectivity index (χ3n) is 4.63. The molecule has 0 aromatic carbocycles. The van der Waals surface area contributed by atoms with E-state index >= 15 is 0 Å². The lowest BCUT2D eigenvalue weighted by molar-refractivity contribution is -0.124. The summed E-state index contributed by atoms with van der Waals surface area (Å²) in [6, 6.07) is 0.502. The number of nitrogens with zero attached hydrogens (tertiary/aromatic N) is 2. The topological polar surface area (TPSA) is 61.6 Å². The van der Waals surface area contributed by atoms with Crippen molar-refractivity contribution >= 4 is 5.91 Å². The van der Waals surface area contributed by atoms with Gasteiger partial charge in [0.05, 0.1) is 5.54 Å². The Morgan fingerprint density at radius 2 is 2.00 bits per heavy atom. The summed E-state index contributed by atoms with van der Waals surface area (Å²) in [4.78, 5) is 16.5. The second kappa shape index (κ2) is 6.87. The van der Waals surface area contributed by atoms with Gasteiger partial charge in [-0.15, -0.1) is 0 Å². The second-order valence-corrected chi connectivity index (χ2v) is 6.72. The van der Waals surface area contributed by atoms with E-state index in [1.165, 1.54) is 38.8 Å². The van der Waals surface area contributed by atoms with Gasteiger partial charge in [0.1, 0.15) is 0 Å². The average Bonchev–Trinajstić information content (AvgIpc) is 3.05. The van der Waals surface area contributed by atoms with Crippen LogP contribution in [0.5, 0.6) is 0 Å². The van der Waals surface area contributed by atoms with E-state index in [1.54, 1.807) is 0 Å². The molecular formula is C15H30N4O. The number of nitrogens with one attached hydrogen (secondary N) is 1. The molecule has 0 bridgehead atoms. The van der Waals surface area contributed by atoms with Crippen LogP contribution in [-0.2, 0) is 4.79 Å². The van der Waals surface area contributed by atoms with Crippen molar-refractivity contribution in [3.63, 3.8) is 0 Å². The Morgan fingerprint density at radius 1 is 1.35 bits per heavy atom. The number of hydrogen-bond donors (Lipinski definition) is 2. The van der Waals surface area contributed by atoms with Crippen LogP contribution in [0.1, 0.15) is 39.0 Å². The predicted octanol–water partition coefficient (Wildman–Crippen LogP) is 0.400. The highest BCUT2D eigenvalue weighted by molar-refractivity contribution is 5.84. The molecule has 1 atom stereocenters. The van der Waals surface area contributed by atoms with Gasteiger partial charge in [0.15, 0.2) is 0 Å². The summed E-state index contributed by atoms with van der Waals surface area (Å²) < 4.78 is 0. The van der Waals surface area contributed by atoms with Gasteiger partial charge >= 0.3 is 0 Å². The summed E-state index contributed by atoms with van der Waals surface area (Å²) in [5.41, 5.74) is 5.03. The number of nitrogens with two attached hydrogens (primary N) is 1. The minimum atomic E-state index is -0.553. The van der Waals surface area contributed by atoms with Crippen LogP contribution in [0.4, 0.5) is 0 Å². The average molecular weight is 282 g/mol. The molecule has 1 saturated heterocycles. The first kappa shape index (κ1) is 15.7. The molecule has 1 aliphatic carbocycles. The highest BCUT2D eigenvalue weighted by Gasteiger charge is 2.36. The lowest BCUT2D eigenvalue weighted by atomic mass is 9.96. The fourth-order valence-corrected chi connectivity index (χ4v) is 2.79. The molecule has 1 aliphatic heterocycles. The number of carbonyl (C=O) groups is 1. The first-order valence-electron chi connectivity index (χ1n) is 7.98. The zero-order chi connectivity index (χ0) is 14.6. The quantitative estimate of drug-likeness (QED) is 0.643. The molecule has 0 aromatic heterocycles. The first-order chi connectivity index (χ1) is 9.49. The van der Waals surface area contributed by atoms with E-state index in [1.807, 2.05) is 6.92 Å². The molecule has 1 heterocycles. The molecular weight excluding hydrogens is 252 g/mol. The fraction of sp³-hybridized carbons (Fsp3) is 0.933. The molecule has 1 unspecified atom stereocenters. The molecule has 2 fully saturated rings. The zero-order valence-electron chi connectivity index (χ0n) is 13.0. The number of primary amides is 1. The molecule has 1 amide bonds. The molecule has 0 aromatic rings. The van der Waals surface area contributed by atoms with Crippen LogP contribution in [0.3, 0.4) is 0 Å². The zero-order valence-corrected chi connectivity index (χ0v) is 13.0. The Kier molecular flexibility index (Phi) is 5.41. The Morgan fingerprint density at radius 3 is 2.55 bits per heavy atom. The van der Waals surface area contributed by atoms with E-state index in [-0.39, 0.29) is 5.91 Å². The van der Waals surface area contributed by atoms with Crippen molar-refractivity contribution in [2.75, 3.05) is 39.8 Å². The number of carbonyl (C=O) groups excluding carboxylic acids is 1. The van der Waals surface area contributed by atoms with E-state index in [0.717, 1.165) is 26.1 Å². The van der Waals surface area contributed by atoms with Crippen molar-refractivity contribution in [2.45, 2.75) is 50.6 Å². The Hall–Kier alpha value is -0.650. The fourth-order valence-electron chi connectivity index (χ4n) is 2.79. The van der Waals surface area contributed by atoms with Crippen molar-refractivity contribution in [3.05, 3.63) is 0 Å². The second-order valence-electron chi connectivity index (χ2n) is 6.72. The summed E-state index contributed by atoms with van der Waals surface area (Å²) in [6.45, 7) is 7.55. The summed E-state index contributed by atoms with van der Waals surface area (Å²) >= 11 is 0. The summed E-state index contributed by atoms with van der Waals surface area (Å²) in [5, 5.41) is 3.41. The van der Waals surface area contributed by atoms with Gasteiger partial charge in [-0.05, 0) is 59.2 Å². The van der Waals surface area contributed by atoms with E-state index in [2.05, 4.69) is 22.2 Å². The van der Waals surface area contributed by atoms with E-state index in [0.29, 0.717) is 6.04 Å². The molecule has 5 nitrogen and oxygen atoms in total. The van der Waals surface area contributed by atoms with Crippen molar-refractivity contribution in [3.8, 4) is 0 Å². The number of likely N-dealkylation sites (N-methyl/N-ethyl adjacent to an activating group) is 1. The molecule has 1 saturated carbocycles. The molecule has 20 heavy (non-hydrogen) atoms. The van der Waals surface area contributed by atoms with Gasteiger partial charge in [-0.2, -0.15) is 0 Å². The van der Waals surface area contributed by atoms with Crippen LogP contribution in [0.15, 0.2) is 0 Å². The van der Waals surface area contributed by atoms with Gasteiger partial charge in [0.2, 0.25) is 5.91 Å². The first-order valence-corrected chi connectivity index (χ1v) is 7.98. The normalized spacial score (nSPS) is 23.1. The van der Waals surface area contributed by atoms with Gasteiger partial charge in [0, 0.05) is 25.7 Å². The maximum atomic E-state index is 11.7. The van der Waals surface area contributed by atoms with Crippen LogP contribution in [0.2, 0.25) is 0 Å². The molecule has 0 radical (unpaired) electrons. The van der Waals surface area contributed by atoms with Gasteiger partial charge < -0.3 is 20.9 Å². The molecule has 2 aliphatic rings. The van der Waals surface area contributed by atoms with Gasteiger partial charge in [-0.1, -0.05) is 0 Å². The Bertz CT molecular complexity index is 326. The lowest BCUT2D eigenvalue weighted by Gasteiger charge is -2.30. The minimum absolute atomic E-state index is 0.225. The summed E-state index contributed by atoms with van der Waals surface area (Å²) in [5.74, 6) is -0.225. The molecule has 5 heteroatoms. The van der Waals surface area contributed by atoms with E-state index in [4.69, 9.17) is 5.73 Å².